The first-order valence-corrected chi connectivity index (χ1v) is 10.3. The van der Waals surface area contributed by atoms with E-state index in [0.29, 0.717) is 16.3 Å². The van der Waals surface area contributed by atoms with Gasteiger partial charge in [-0.2, -0.15) is 5.10 Å². The molecule has 8 heteroatoms. The lowest BCUT2D eigenvalue weighted by atomic mass is 9.98. The monoisotopic (exact) mass is 444 g/mol. The Kier molecular flexibility index (Phi) is 6.57. The third-order valence-electron chi connectivity index (χ3n) is 4.90. The van der Waals surface area contributed by atoms with Crippen molar-refractivity contribution in [3.63, 3.8) is 0 Å². The fraction of sp³-hybridized carbons (Fsp3) is 0.0833. The number of hydrogen-bond acceptors (Lipinski definition) is 5. The summed E-state index contributed by atoms with van der Waals surface area (Å²) in [7, 11) is 0. The van der Waals surface area contributed by atoms with Crippen LogP contribution in [0, 0.1) is 0 Å². The number of hydrazone groups is 1. The summed E-state index contributed by atoms with van der Waals surface area (Å²) in [6.07, 6.45) is 7.07. The van der Waals surface area contributed by atoms with Gasteiger partial charge in [-0.15, -0.1) is 0 Å². The average Bonchev–Trinajstić information content (AvgIpc) is 3.37. The number of Topliss-reactive ketones (excluding diaryl/α,β-unsaturated/α-hetero) is 1. The highest BCUT2D eigenvalue weighted by atomic mass is 35.5. The van der Waals surface area contributed by atoms with E-state index in [1.807, 2.05) is 41.1 Å². The van der Waals surface area contributed by atoms with Crippen LogP contribution in [0.2, 0.25) is 5.02 Å². The van der Waals surface area contributed by atoms with Gasteiger partial charge < -0.3 is 15.7 Å². The molecule has 4 aromatic rings. The number of ketones is 1. The van der Waals surface area contributed by atoms with Crippen LogP contribution in [0.1, 0.15) is 34.1 Å². The zero-order chi connectivity index (χ0) is 22.3. The van der Waals surface area contributed by atoms with Crippen molar-refractivity contribution < 1.29 is 4.79 Å². The van der Waals surface area contributed by atoms with E-state index in [4.69, 9.17) is 17.3 Å². The van der Waals surface area contributed by atoms with Gasteiger partial charge in [0, 0.05) is 41.3 Å². The van der Waals surface area contributed by atoms with E-state index in [2.05, 4.69) is 20.5 Å². The molecule has 0 saturated carbocycles. The highest BCUT2D eigenvalue weighted by Crippen LogP contribution is 2.23. The molecule has 7 nitrogen and oxygen atoms in total. The predicted octanol–water partition coefficient (Wildman–Crippen LogP) is 4.14. The van der Waals surface area contributed by atoms with Crippen LogP contribution in [0.25, 0.3) is 5.69 Å². The topological polar surface area (TPSA) is 98.2 Å². The summed E-state index contributed by atoms with van der Waals surface area (Å²) in [5.41, 5.74) is 12.0. The molecule has 160 valence electrons. The molecule has 0 aliphatic heterocycles. The number of nitrogens with two attached hydrogens (primary N) is 1. The number of carbonyl (C=O) groups is 1. The Labute approximate surface area is 190 Å². The lowest BCUT2D eigenvalue weighted by Gasteiger charge is -2.17. The Hall–Kier alpha value is -3.97. The first-order chi connectivity index (χ1) is 15.6. The van der Waals surface area contributed by atoms with Gasteiger partial charge in [-0.1, -0.05) is 29.8 Å². The second-order valence-electron chi connectivity index (χ2n) is 7.09. The molecular weight excluding hydrogens is 424 g/mol. The van der Waals surface area contributed by atoms with E-state index in [1.165, 1.54) is 0 Å². The van der Waals surface area contributed by atoms with Crippen molar-refractivity contribution in [3.8, 4) is 5.69 Å². The molecule has 0 bridgehead atoms. The number of nitrogens with one attached hydrogen (secondary N) is 1. The Balaban J connectivity index is 1.54. The zero-order valence-corrected chi connectivity index (χ0v) is 17.9. The number of aromatic nitrogens is 3. The Morgan fingerprint density at radius 1 is 1.09 bits per heavy atom. The van der Waals surface area contributed by atoms with Crippen molar-refractivity contribution in [2.45, 2.75) is 12.5 Å². The normalized spacial score (nSPS) is 12.3. The van der Waals surface area contributed by atoms with Gasteiger partial charge in [0.2, 0.25) is 0 Å². The summed E-state index contributed by atoms with van der Waals surface area (Å²) >= 11 is 6.18. The highest BCUT2D eigenvalue weighted by molar-refractivity contribution is 6.30. The number of benzene rings is 2. The number of nitrogens with zero attached hydrogens (tertiary/aromatic N) is 4. The number of hydrogen-bond donors (Lipinski definition) is 2. The van der Waals surface area contributed by atoms with Crippen LogP contribution in [0.5, 0.6) is 0 Å². The molecular formula is C24H21ClN6O. The lowest BCUT2D eigenvalue weighted by molar-refractivity contribution is 0.0968. The minimum absolute atomic E-state index is 0.0359. The molecule has 1 unspecified atom stereocenters. The van der Waals surface area contributed by atoms with E-state index in [9.17, 15) is 4.79 Å². The molecule has 1 atom stereocenters. The van der Waals surface area contributed by atoms with Crippen LogP contribution in [-0.4, -0.2) is 26.2 Å². The van der Waals surface area contributed by atoms with Crippen LogP contribution in [0.3, 0.4) is 0 Å². The summed E-state index contributed by atoms with van der Waals surface area (Å²) in [4.78, 5) is 21.3. The van der Waals surface area contributed by atoms with E-state index >= 15 is 0 Å². The molecule has 2 aromatic carbocycles. The van der Waals surface area contributed by atoms with E-state index in [0.717, 1.165) is 11.3 Å². The fourth-order valence-electron chi connectivity index (χ4n) is 3.21. The Morgan fingerprint density at radius 3 is 2.62 bits per heavy atom. The minimum Gasteiger partial charge on any atom is -0.380 e. The Bertz CT molecular complexity index is 1210. The summed E-state index contributed by atoms with van der Waals surface area (Å²) < 4.78 is 1.87. The van der Waals surface area contributed by atoms with Crippen molar-refractivity contribution >= 4 is 23.2 Å². The molecule has 0 amide bonds. The van der Waals surface area contributed by atoms with Crippen LogP contribution in [0.15, 0.2) is 96.7 Å². The smallest absolute Gasteiger partial charge is 0.169 e. The van der Waals surface area contributed by atoms with Crippen molar-refractivity contribution in [1.82, 2.24) is 20.0 Å². The SMILES string of the molecule is N/C(=N/NC(CC(=O)c1ccc(-n2ccnc2)cc1)c1cccc(Cl)c1)c1ccccn1. The van der Waals surface area contributed by atoms with Crippen LogP contribution >= 0.6 is 11.6 Å². The van der Waals surface area contributed by atoms with Crippen LogP contribution in [-0.2, 0) is 0 Å². The minimum atomic E-state index is -0.420. The first-order valence-electron chi connectivity index (χ1n) is 9.97. The van der Waals surface area contributed by atoms with Crippen LogP contribution in [0.4, 0.5) is 0 Å². The molecule has 32 heavy (non-hydrogen) atoms. The summed E-state index contributed by atoms with van der Waals surface area (Å²) in [5.74, 6) is 0.195. The maximum absolute atomic E-state index is 13.0. The third-order valence-corrected chi connectivity index (χ3v) is 5.14. The number of amidine groups is 1. The largest absolute Gasteiger partial charge is 0.380 e. The van der Waals surface area contributed by atoms with Crippen molar-refractivity contribution in [2.24, 2.45) is 10.8 Å². The fourth-order valence-corrected chi connectivity index (χ4v) is 3.41. The molecule has 0 radical (unpaired) electrons. The van der Waals surface area contributed by atoms with Gasteiger partial charge in [0.1, 0.15) is 5.69 Å². The van der Waals surface area contributed by atoms with Crippen molar-refractivity contribution in [2.75, 3.05) is 0 Å². The summed E-state index contributed by atoms with van der Waals surface area (Å²) in [6.45, 7) is 0. The van der Waals surface area contributed by atoms with Gasteiger partial charge >= 0.3 is 0 Å². The maximum Gasteiger partial charge on any atom is 0.169 e. The summed E-state index contributed by atoms with van der Waals surface area (Å²) in [6, 6.07) is 19.7. The Morgan fingerprint density at radius 2 is 1.94 bits per heavy atom. The van der Waals surface area contributed by atoms with Gasteiger partial charge in [-0.05, 0) is 54.1 Å². The van der Waals surface area contributed by atoms with E-state index < -0.39 is 6.04 Å². The van der Waals surface area contributed by atoms with Gasteiger partial charge in [-0.3, -0.25) is 9.78 Å². The highest BCUT2D eigenvalue weighted by Gasteiger charge is 2.18. The van der Waals surface area contributed by atoms with Gasteiger partial charge in [0.05, 0.1) is 12.4 Å². The van der Waals surface area contributed by atoms with E-state index in [-0.39, 0.29) is 18.0 Å². The second kappa shape index (κ2) is 9.89. The molecule has 2 heterocycles. The molecule has 0 saturated heterocycles. The summed E-state index contributed by atoms with van der Waals surface area (Å²) in [5, 5.41) is 4.85. The average molecular weight is 445 g/mol. The molecule has 0 aliphatic carbocycles. The number of imidazole rings is 1. The molecule has 0 aliphatic rings. The third kappa shape index (κ3) is 5.19. The quantitative estimate of drug-likeness (QED) is 0.184. The molecule has 4 rings (SSSR count). The van der Waals surface area contributed by atoms with Gasteiger partial charge in [-0.25, -0.2) is 4.98 Å². The number of halogens is 1. The van der Waals surface area contributed by atoms with Gasteiger partial charge in [0.15, 0.2) is 11.6 Å². The predicted molar refractivity (Wildman–Crippen MR) is 125 cm³/mol. The molecule has 2 aromatic heterocycles. The first kappa shape index (κ1) is 21.3. The number of carbonyl (C=O) groups excluding carboxylic acids is 1. The second-order valence-corrected chi connectivity index (χ2v) is 7.53. The van der Waals surface area contributed by atoms with Gasteiger partial charge in [0.25, 0.3) is 0 Å². The zero-order valence-electron chi connectivity index (χ0n) is 17.1. The maximum atomic E-state index is 13.0. The van der Waals surface area contributed by atoms with Crippen LogP contribution < -0.4 is 11.2 Å². The van der Waals surface area contributed by atoms with Crippen molar-refractivity contribution in [1.29, 1.82) is 0 Å². The number of rotatable bonds is 8. The lowest BCUT2D eigenvalue weighted by Crippen LogP contribution is -2.25. The number of pyridine rings is 1. The molecule has 0 spiro atoms. The standard InChI is InChI=1S/C24H21ClN6O/c25-19-5-3-4-18(14-19)22(29-30-24(26)21-6-1-2-11-28-21)15-23(32)17-7-9-20(10-8-17)31-13-12-27-16-31/h1-14,16,22,29H,15H2,(H2,26,30). The molecule has 3 N–H and O–H groups in total. The van der Waals surface area contributed by atoms with Crippen molar-refractivity contribution in [3.05, 3.63) is 113 Å². The molecule has 0 fully saturated rings. The van der Waals surface area contributed by atoms with E-state index in [1.54, 1.807) is 55.1 Å².